The lowest BCUT2D eigenvalue weighted by Gasteiger charge is -2.30. The second kappa shape index (κ2) is 8.99. The molecule has 0 atom stereocenters. The standard InChI is InChI=1S/C23H22N2O6/c26-22(8-3-16-1-5-19(6-2-16)25(28)29)24-11-9-17(10-12-24)23(27)18-4-7-20-21(15-18)31-14-13-30-20/h1-8,15,17H,9-14H2/b8-3+. The number of hydrogen-bond donors (Lipinski definition) is 0. The van der Waals surface area contributed by atoms with Crippen LogP contribution in [0.5, 0.6) is 11.5 Å². The quantitative estimate of drug-likeness (QED) is 0.317. The summed E-state index contributed by atoms with van der Waals surface area (Å²) in [6.07, 6.45) is 4.30. The van der Waals surface area contributed by atoms with Crippen molar-refractivity contribution in [1.29, 1.82) is 0 Å². The summed E-state index contributed by atoms with van der Waals surface area (Å²) in [6, 6.07) is 11.3. The second-order valence-electron chi connectivity index (χ2n) is 7.50. The highest BCUT2D eigenvalue weighted by molar-refractivity contribution is 5.99. The van der Waals surface area contributed by atoms with Crippen LogP contribution < -0.4 is 9.47 Å². The Kier molecular flexibility index (Phi) is 5.97. The van der Waals surface area contributed by atoms with Crippen molar-refractivity contribution in [1.82, 2.24) is 4.90 Å². The largest absolute Gasteiger partial charge is 0.486 e. The van der Waals surface area contributed by atoms with E-state index in [1.807, 2.05) is 0 Å². The summed E-state index contributed by atoms with van der Waals surface area (Å²) in [5.41, 5.74) is 1.32. The van der Waals surface area contributed by atoms with E-state index in [4.69, 9.17) is 9.47 Å². The van der Waals surface area contributed by atoms with Crippen molar-refractivity contribution >= 4 is 23.5 Å². The number of ketones is 1. The van der Waals surface area contributed by atoms with Gasteiger partial charge in [0.1, 0.15) is 13.2 Å². The number of benzene rings is 2. The molecular weight excluding hydrogens is 400 g/mol. The number of amides is 1. The van der Waals surface area contributed by atoms with E-state index in [9.17, 15) is 19.7 Å². The van der Waals surface area contributed by atoms with Crippen molar-refractivity contribution in [3.63, 3.8) is 0 Å². The van der Waals surface area contributed by atoms with Crippen molar-refractivity contribution in [3.05, 3.63) is 69.8 Å². The summed E-state index contributed by atoms with van der Waals surface area (Å²) in [5, 5.41) is 10.7. The number of non-ortho nitro benzene ring substituents is 1. The predicted molar refractivity (Wildman–Crippen MR) is 113 cm³/mol. The minimum absolute atomic E-state index is 0.00762. The van der Waals surface area contributed by atoms with Crippen molar-refractivity contribution < 1.29 is 24.0 Å². The van der Waals surface area contributed by atoms with E-state index in [0.717, 1.165) is 0 Å². The van der Waals surface area contributed by atoms with E-state index in [-0.39, 0.29) is 23.3 Å². The summed E-state index contributed by atoms with van der Waals surface area (Å²) in [4.78, 5) is 37.3. The topological polar surface area (TPSA) is 99.0 Å². The summed E-state index contributed by atoms with van der Waals surface area (Å²) in [6.45, 7) is 1.98. The molecule has 0 aromatic heterocycles. The molecule has 0 unspecified atom stereocenters. The minimum Gasteiger partial charge on any atom is -0.486 e. The third-order valence-corrected chi connectivity index (χ3v) is 5.53. The van der Waals surface area contributed by atoms with E-state index in [1.54, 1.807) is 41.3 Å². The molecule has 0 radical (unpaired) electrons. The van der Waals surface area contributed by atoms with Gasteiger partial charge in [-0.05, 0) is 54.8 Å². The smallest absolute Gasteiger partial charge is 0.269 e. The zero-order valence-electron chi connectivity index (χ0n) is 16.9. The predicted octanol–water partition coefficient (Wildman–Crippen LogP) is 3.50. The summed E-state index contributed by atoms with van der Waals surface area (Å²) in [7, 11) is 0. The fourth-order valence-corrected chi connectivity index (χ4v) is 3.77. The molecule has 0 spiro atoms. The zero-order valence-corrected chi connectivity index (χ0v) is 16.9. The summed E-state index contributed by atoms with van der Waals surface area (Å²) in [5.74, 6) is 1.04. The van der Waals surface area contributed by atoms with Crippen LogP contribution in [0.3, 0.4) is 0 Å². The minimum atomic E-state index is -0.463. The Morgan fingerprint density at radius 3 is 2.35 bits per heavy atom. The first kappa shape index (κ1) is 20.6. The van der Waals surface area contributed by atoms with Crippen LogP contribution in [0.15, 0.2) is 48.5 Å². The van der Waals surface area contributed by atoms with Crippen LogP contribution in [0.25, 0.3) is 6.08 Å². The van der Waals surface area contributed by atoms with Gasteiger partial charge in [-0.15, -0.1) is 0 Å². The van der Waals surface area contributed by atoms with Crippen LogP contribution in [-0.4, -0.2) is 47.8 Å². The van der Waals surface area contributed by atoms with Gasteiger partial charge in [-0.2, -0.15) is 0 Å². The number of rotatable bonds is 5. The van der Waals surface area contributed by atoms with Crippen molar-refractivity contribution in [2.24, 2.45) is 5.92 Å². The molecule has 2 heterocycles. The summed E-state index contributed by atoms with van der Waals surface area (Å²) >= 11 is 0. The molecule has 0 aliphatic carbocycles. The lowest BCUT2D eigenvalue weighted by molar-refractivity contribution is -0.384. The Hall–Kier alpha value is -3.68. The lowest BCUT2D eigenvalue weighted by atomic mass is 9.88. The molecule has 2 aliphatic heterocycles. The number of nitro groups is 1. The Morgan fingerprint density at radius 2 is 1.68 bits per heavy atom. The van der Waals surface area contributed by atoms with Crippen LogP contribution >= 0.6 is 0 Å². The van der Waals surface area contributed by atoms with E-state index in [1.165, 1.54) is 18.2 Å². The third-order valence-electron chi connectivity index (χ3n) is 5.53. The molecule has 8 heteroatoms. The first-order chi connectivity index (χ1) is 15.0. The van der Waals surface area contributed by atoms with Crippen LogP contribution in [0.1, 0.15) is 28.8 Å². The molecule has 2 aromatic carbocycles. The molecule has 0 bridgehead atoms. The van der Waals surface area contributed by atoms with Gasteiger partial charge in [0.05, 0.1) is 4.92 Å². The molecule has 1 saturated heterocycles. The van der Waals surface area contributed by atoms with Crippen molar-refractivity contribution in [3.8, 4) is 11.5 Å². The fraction of sp³-hybridized carbons (Fsp3) is 0.304. The van der Waals surface area contributed by atoms with Crippen LogP contribution in [0, 0.1) is 16.0 Å². The molecule has 31 heavy (non-hydrogen) atoms. The second-order valence-corrected chi connectivity index (χ2v) is 7.50. The molecule has 0 saturated carbocycles. The molecule has 0 N–H and O–H groups in total. The first-order valence-corrected chi connectivity index (χ1v) is 10.2. The lowest BCUT2D eigenvalue weighted by Crippen LogP contribution is -2.39. The number of nitrogens with zero attached hydrogens (tertiary/aromatic N) is 2. The molecule has 2 aliphatic rings. The average Bonchev–Trinajstić information content (AvgIpc) is 2.82. The fourth-order valence-electron chi connectivity index (χ4n) is 3.77. The van der Waals surface area contributed by atoms with Gasteiger partial charge in [0.15, 0.2) is 17.3 Å². The molecule has 1 fully saturated rings. The van der Waals surface area contributed by atoms with E-state index >= 15 is 0 Å². The highest BCUT2D eigenvalue weighted by Gasteiger charge is 2.28. The number of likely N-dealkylation sites (tertiary alicyclic amines) is 1. The van der Waals surface area contributed by atoms with Gasteiger partial charge in [-0.3, -0.25) is 19.7 Å². The molecule has 4 rings (SSSR count). The molecule has 1 amide bonds. The monoisotopic (exact) mass is 422 g/mol. The van der Waals surface area contributed by atoms with Crippen LogP contribution in [-0.2, 0) is 4.79 Å². The van der Waals surface area contributed by atoms with Crippen molar-refractivity contribution in [2.45, 2.75) is 12.8 Å². The van der Waals surface area contributed by atoms with Gasteiger partial charge in [-0.25, -0.2) is 0 Å². The van der Waals surface area contributed by atoms with Gasteiger partial charge < -0.3 is 14.4 Å². The van der Waals surface area contributed by atoms with Crippen LogP contribution in [0.4, 0.5) is 5.69 Å². The Labute approximate surface area is 179 Å². The number of piperidine rings is 1. The molecular formula is C23H22N2O6. The summed E-state index contributed by atoms with van der Waals surface area (Å²) < 4.78 is 11.1. The number of nitro benzene ring substituents is 1. The number of carbonyl (C=O) groups is 2. The molecule has 160 valence electrons. The zero-order chi connectivity index (χ0) is 21.8. The number of fused-ring (bicyclic) bond motifs is 1. The van der Waals surface area contributed by atoms with Gasteiger partial charge in [0, 0.05) is 42.8 Å². The first-order valence-electron chi connectivity index (χ1n) is 10.2. The van der Waals surface area contributed by atoms with E-state index < -0.39 is 4.92 Å². The van der Waals surface area contributed by atoms with Gasteiger partial charge in [-0.1, -0.05) is 0 Å². The maximum absolute atomic E-state index is 12.9. The highest BCUT2D eigenvalue weighted by atomic mass is 16.6. The van der Waals surface area contributed by atoms with Gasteiger partial charge in [0.2, 0.25) is 5.91 Å². The van der Waals surface area contributed by atoms with Crippen LogP contribution in [0.2, 0.25) is 0 Å². The normalized spacial score (nSPS) is 16.3. The Bertz CT molecular complexity index is 1020. The number of Topliss-reactive ketones (excluding diaryl/α,β-unsaturated/α-hetero) is 1. The van der Waals surface area contributed by atoms with Gasteiger partial charge >= 0.3 is 0 Å². The van der Waals surface area contributed by atoms with Crippen molar-refractivity contribution in [2.75, 3.05) is 26.3 Å². The number of hydrogen-bond acceptors (Lipinski definition) is 6. The molecule has 8 nitrogen and oxygen atoms in total. The third kappa shape index (κ3) is 4.74. The Morgan fingerprint density at radius 1 is 1.00 bits per heavy atom. The average molecular weight is 422 g/mol. The number of carbonyl (C=O) groups excluding carboxylic acids is 2. The van der Waals surface area contributed by atoms with E-state index in [0.29, 0.717) is 61.8 Å². The molecule has 2 aromatic rings. The maximum atomic E-state index is 12.9. The SMILES string of the molecule is O=C(c1ccc2c(c1)OCCO2)C1CCN(C(=O)/C=C/c2ccc([N+](=O)[O-])cc2)CC1. The van der Waals surface area contributed by atoms with E-state index in [2.05, 4.69) is 0 Å². The number of ether oxygens (including phenoxy) is 2. The maximum Gasteiger partial charge on any atom is 0.269 e. The van der Waals surface area contributed by atoms with Gasteiger partial charge in [0.25, 0.3) is 5.69 Å². The Balaban J connectivity index is 1.32. The highest BCUT2D eigenvalue weighted by Crippen LogP contribution is 2.32.